The van der Waals surface area contributed by atoms with Crippen LogP contribution >= 0.6 is 0 Å². The molecule has 2 heterocycles. The SMILES string of the molecule is CCCCCOC(=O)Nc1ccn([C@@H]2O[C@H](COC(=O)CCCCC(=O)Nc3ccccc3)CC2(F)F)c(=O)n1. The van der Waals surface area contributed by atoms with E-state index in [2.05, 4.69) is 15.6 Å². The first-order valence-corrected chi connectivity index (χ1v) is 13.2. The van der Waals surface area contributed by atoms with Gasteiger partial charge in [-0.25, -0.2) is 18.4 Å². The fourth-order valence-electron chi connectivity index (χ4n) is 3.98. The minimum absolute atomic E-state index is 0.0179. The van der Waals surface area contributed by atoms with Gasteiger partial charge in [-0.2, -0.15) is 4.98 Å². The van der Waals surface area contributed by atoms with E-state index in [1.165, 1.54) is 6.07 Å². The lowest BCUT2D eigenvalue weighted by Gasteiger charge is -2.20. The van der Waals surface area contributed by atoms with Crippen molar-refractivity contribution in [1.29, 1.82) is 0 Å². The predicted octanol–water partition coefficient (Wildman–Crippen LogP) is 4.65. The minimum atomic E-state index is -3.43. The number of esters is 1. The standard InChI is InChI=1S/C27H34F2N4O7/c1-2-3-9-16-38-26(37)32-21-14-15-33(25(36)31-21)24-27(28,29)17-20(40-24)18-39-23(35)13-8-7-12-22(34)30-19-10-5-4-6-11-19/h4-6,10-11,14-15,20,24H,2-3,7-9,12-13,16-18H2,1H3,(H,30,34)(H,31,32,36,37)/t20-,24+/m0/s1. The van der Waals surface area contributed by atoms with Gasteiger partial charge in [0, 0.05) is 31.1 Å². The molecular weight excluding hydrogens is 530 g/mol. The molecule has 1 aromatic heterocycles. The molecule has 0 bridgehead atoms. The maximum Gasteiger partial charge on any atom is 0.412 e. The second-order valence-corrected chi connectivity index (χ2v) is 9.35. The van der Waals surface area contributed by atoms with Gasteiger partial charge in [0.1, 0.15) is 18.5 Å². The summed E-state index contributed by atoms with van der Waals surface area (Å²) in [6.07, 6.45) is 0.0133. The Balaban J connectivity index is 1.40. The van der Waals surface area contributed by atoms with E-state index in [9.17, 15) is 28.0 Å². The molecule has 2 aromatic rings. The lowest BCUT2D eigenvalue weighted by atomic mass is 10.1. The van der Waals surface area contributed by atoms with Gasteiger partial charge in [0.05, 0.1) is 6.61 Å². The Morgan fingerprint density at radius 3 is 2.52 bits per heavy atom. The Morgan fingerprint density at radius 2 is 1.80 bits per heavy atom. The second kappa shape index (κ2) is 15.1. The highest BCUT2D eigenvalue weighted by atomic mass is 19.3. The number of para-hydroxylation sites is 1. The van der Waals surface area contributed by atoms with Crippen LogP contribution in [-0.2, 0) is 23.8 Å². The van der Waals surface area contributed by atoms with E-state index >= 15 is 0 Å². The molecule has 13 heteroatoms. The Hall–Kier alpha value is -3.87. The van der Waals surface area contributed by atoms with E-state index in [-0.39, 0.29) is 31.2 Å². The van der Waals surface area contributed by atoms with Gasteiger partial charge in [-0.3, -0.25) is 19.5 Å². The molecule has 0 radical (unpaired) electrons. The van der Waals surface area contributed by atoms with E-state index in [1.54, 1.807) is 24.3 Å². The third-order valence-corrected chi connectivity index (χ3v) is 6.00. The maximum absolute atomic E-state index is 14.7. The van der Waals surface area contributed by atoms with Crippen LogP contribution in [0.4, 0.5) is 25.1 Å². The number of hydrogen-bond donors (Lipinski definition) is 2. The van der Waals surface area contributed by atoms with Gasteiger partial charge in [-0.15, -0.1) is 0 Å². The lowest BCUT2D eigenvalue weighted by molar-refractivity contribution is -0.150. The molecule has 0 aliphatic carbocycles. The van der Waals surface area contributed by atoms with Crippen molar-refractivity contribution in [2.75, 3.05) is 23.8 Å². The highest BCUT2D eigenvalue weighted by Crippen LogP contribution is 2.42. The summed E-state index contributed by atoms with van der Waals surface area (Å²) >= 11 is 0. The van der Waals surface area contributed by atoms with Crippen LogP contribution in [-0.4, -0.2) is 52.8 Å². The topological polar surface area (TPSA) is 138 Å². The third-order valence-electron chi connectivity index (χ3n) is 6.00. The van der Waals surface area contributed by atoms with Crippen LogP contribution in [0.3, 0.4) is 0 Å². The monoisotopic (exact) mass is 564 g/mol. The first-order chi connectivity index (χ1) is 19.2. The predicted molar refractivity (Wildman–Crippen MR) is 141 cm³/mol. The van der Waals surface area contributed by atoms with Crippen molar-refractivity contribution in [3.63, 3.8) is 0 Å². The number of hydrogen-bond acceptors (Lipinski definition) is 8. The summed E-state index contributed by atoms with van der Waals surface area (Å²) in [5, 5.41) is 5.03. The molecule has 2 atom stereocenters. The van der Waals surface area contributed by atoms with Crippen molar-refractivity contribution in [3.8, 4) is 0 Å². The average molecular weight is 565 g/mol. The Morgan fingerprint density at radius 1 is 1.05 bits per heavy atom. The molecule has 1 aliphatic heterocycles. The van der Waals surface area contributed by atoms with Crippen molar-refractivity contribution >= 4 is 29.5 Å². The summed E-state index contributed by atoms with van der Waals surface area (Å²) in [6.45, 7) is 1.80. The van der Waals surface area contributed by atoms with Gasteiger partial charge in [0.25, 0.3) is 5.92 Å². The summed E-state index contributed by atoms with van der Waals surface area (Å²) < 4.78 is 45.3. The molecule has 0 unspecified atom stereocenters. The third kappa shape index (κ3) is 9.70. The van der Waals surface area contributed by atoms with Crippen LogP contribution in [0.2, 0.25) is 0 Å². The highest BCUT2D eigenvalue weighted by molar-refractivity contribution is 5.90. The number of rotatable bonds is 14. The summed E-state index contributed by atoms with van der Waals surface area (Å²) in [4.78, 5) is 51.8. The van der Waals surface area contributed by atoms with E-state index in [0.717, 1.165) is 19.0 Å². The molecule has 1 fully saturated rings. The van der Waals surface area contributed by atoms with Crippen molar-refractivity contribution in [3.05, 3.63) is 53.1 Å². The quantitative estimate of drug-likeness (QED) is 0.250. The highest BCUT2D eigenvalue weighted by Gasteiger charge is 2.52. The van der Waals surface area contributed by atoms with E-state index in [4.69, 9.17) is 14.2 Å². The van der Waals surface area contributed by atoms with Crippen LogP contribution in [0.25, 0.3) is 0 Å². The molecule has 2 N–H and O–H groups in total. The number of nitrogens with one attached hydrogen (secondary N) is 2. The van der Waals surface area contributed by atoms with E-state index < -0.39 is 49.0 Å². The fraction of sp³-hybridized carbons (Fsp3) is 0.519. The zero-order valence-corrected chi connectivity index (χ0v) is 22.3. The molecule has 1 saturated heterocycles. The van der Waals surface area contributed by atoms with Crippen molar-refractivity contribution in [2.24, 2.45) is 0 Å². The number of ether oxygens (including phenoxy) is 3. The van der Waals surface area contributed by atoms with Gasteiger partial charge in [-0.05, 0) is 37.5 Å². The number of unbranched alkanes of at least 4 members (excludes halogenated alkanes) is 3. The number of aromatic nitrogens is 2. The van der Waals surface area contributed by atoms with Gasteiger partial charge < -0.3 is 19.5 Å². The minimum Gasteiger partial charge on any atom is -0.463 e. The molecule has 0 spiro atoms. The van der Waals surface area contributed by atoms with E-state index in [0.29, 0.717) is 29.5 Å². The Labute approximate surface area is 230 Å². The van der Waals surface area contributed by atoms with Crippen LogP contribution in [0.15, 0.2) is 47.4 Å². The summed E-state index contributed by atoms with van der Waals surface area (Å²) in [7, 11) is 0. The number of anilines is 2. The molecule has 40 heavy (non-hydrogen) atoms. The van der Waals surface area contributed by atoms with Crippen LogP contribution in [0, 0.1) is 0 Å². The fourth-order valence-corrected chi connectivity index (χ4v) is 3.98. The van der Waals surface area contributed by atoms with E-state index in [1.807, 2.05) is 13.0 Å². The maximum atomic E-state index is 14.7. The van der Waals surface area contributed by atoms with Crippen molar-refractivity contribution in [2.45, 2.75) is 76.5 Å². The Kier molecular flexibility index (Phi) is 11.5. The molecule has 1 aliphatic rings. The van der Waals surface area contributed by atoms with Crippen LogP contribution in [0.1, 0.15) is 64.5 Å². The van der Waals surface area contributed by atoms with Crippen LogP contribution < -0.4 is 16.3 Å². The number of nitrogens with zero attached hydrogens (tertiary/aromatic N) is 2. The molecule has 0 saturated carbocycles. The molecule has 2 amide bonds. The smallest absolute Gasteiger partial charge is 0.412 e. The van der Waals surface area contributed by atoms with Crippen molar-refractivity contribution in [1.82, 2.24) is 9.55 Å². The zero-order valence-electron chi connectivity index (χ0n) is 22.3. The van der Waals surface area contributed by atoms with Gasteiger partial charge in [0.2, 0.25) is 12.1 Å². The molecular formula is C27H34F2N4O7. The van der Waals surface area contributed by atoms with Gasteiger partial charge >= 0.3 is 17.8 Å². The Bertz CT molecular complexity index is 1190. The summed E-state index contributed by atoms with van der Waals surface area (Å²) in [5.41, 5.74) is -0.371. The normalized spacial score (nSPS) is 17.7. The summed E-state index contributed by atoms with van der Waals surface area (Å²) in [5.74, 6) is -4.36. The number of amides is 2. The van der Waals surface area contributed by atoms with Gasteiger partial charge in [0.15, 0.2) is 0 Å². The van der Waals surface area contributed by atoms with Crippen molar-refractivity contribution < 1.29 is 37.4 Å². The molecule has 218 valence electrons. The molecule has 1 aromatic carbocycles. The first-order valence-electron chi connectivity index (χ1n) is 13.2. The molecule has 3 rings (SSSR count). The van der Waals surface area contributed by atoms with Crippen LogP contribution in [0.5, 0.6) is 0 Å². The first kappa shape index (κ1) is 30.7. The number of benzene rings is 1. The molecule has 11 nitrogen and oxygen atoms in total. The lowest BCUT2D eigenvalue weighted by Crippen LogP contribution is -2.35. The summed E-state index contributed by atoms with van der Waals surface area (Å²) in [6, 6.07) is 10.2. The second-order valence-electron chi connectivity index (χ2n) is 9.35. The average Bonchev–Trinajstić information content (AvgIpc) is 3.22. The number of carbonyl (C=O) groups is 3. The number of alkyl halides is 2. The van der Waals surface area contributed by atoms with Gasteiger partial charge in [-0.1, -0.05) is 38.0 Å². The largest absolute Gasteiger partial charge is 0.463 e. The zero-order chi connectivity index (χ0) is 29.0. The number of carbonyl (C=O) groups excluding carboxylic acids is 3. The number of halogens is 2.